The molecule has 1 aromatic carbocycles. The van der Waals surface area contributed by atoms with Crippen molar-refractivity contribution in [3.63, 3.8) is 0 Å². The Morgan fingerprint density at radius 2 is 2.00 bits per heavy atom. The zero-order chi connectivity index (χ0) is 22.0. The zero-order valence-electron chi connectivity index (χ0n) is 16.3. The number of aromatic nitrogens is 2. The molecule has 8 nitrogen and oxygen atoms in total. The van der Waals surface area contributed by atoms with Crippen molar-refractivity contribution in [3.05, 3.63) is 59.7 Å². The molecule has 0 unspecified atom stereocenters. The van der Waals surface area contributed by atoms with Crippen LogP contribution in [0.1, 0.15) is 16.1 Å². The second-order valence-corrected chi connectivity index (χ2v) is 10.1. The largest absolute Gasteiger partial charge is 0.504 e. The molecule has 2 aromatic heterocycles. The number of halogens is 1. The number of rotatable bonds is 4. The molecule has 162 valence electrons. The van der Waals surface area contributed by atoms with Crippen molar-refractivity contribution in [2.24, 2.45) is 0 Å². The van der Waals surface area contributed by atoms with Crippen LogP contribution in [0.15, 0.2) is 42.6 Å². The van der Waals surface area contributed by atoms with Crippen LogP contribution in [-0.4, -0.2) is 53.2 Å². The van der Waals surface area contributed by atoms with Crippen LogP contribution in [0.4, 0.5) is 10.2 Å². The number of pyridine rings is 2. The minimum absolute atomic E-state index is 0.0475. The normalized spacial score (nSPS) is 16.1. The Labute approximate surface area is 182 Å². The first-order valence-corrected chi connectivity index (χ1v) is 12.2. The summed E-state index contributed by atoms with van der Waals surface area (Å²) in [4.78, 5) is 21.2. The van der Waals surface area contributed by atoms with Crippen molar-refractivity contribution in [2.75, 3.05) is 28.1 Å². The molecular weight excluding hydrogens is 443 g/mol. The summed E-state index contributed by atoms with van der Waals surface area (Å²) in [5, 5.41) is 13.6. The lowest BCUT2D eigenvalue weighted by molar-refractivity contribution is 0.0943. The summed E-state index contributed by atoms with van der Waals surface area (Å²) < 4.78 is 39.9. The smallest absolute Gasteiger partial charge is 0.274 e. The van der Waals surface area contributed by atoms with Crippen molar-refractivity contribution in [1.29, 1.82) is 0 Å². The quantitative estimate of drug-likeness (QED) is 0.612. The monoisotopic (exact) mass is 462 g/mol. The van der Waals surface area contributed by atoms with E-state index in [0.717, 1.165) is 0 Å². The molecule has 1 amide bonds. The number of amides is 1. The lowest BCUT2D eigenvalue weighted by Crippen LogP contribution is -2.35. The number of nitrogens with zero attached hydrogens (tertiary/aromatic N) is 3. The molecule has 0 bridgehead atoms. The number of benzene rings is 1. The van der Waals surface area contributed by atoms with Gasteiger partial charge in [-0.3, -0.25) is 14.1 Å². The standard InChI is InChI=1S/C20H19FN4O4S2/c21-14-5-3-13(4-6-14)12-23-20(27)17-18(26)16-15(2-1-7-22-16)19(24-17)25-8-9-30-10-11-31(25,28)29/h1-7,26H,8-12H2,(H,23,27). The molecule has 0 saturated carbocycles. The molecule has 0 atom stereocenters. The average Bonchev–Trinajstić information content (AvgIpc) is 2.94. The number of anilines is 1. The molecular formula is C20H19FN4O4S2. The number of fused-ring (bicyclic) bond motifs is 1. The first-order chi connectivity index (χ1) is 14.9. The van der Waals surface area contributed by atoms with E-state index in [0.29, 0.717) is 22.5 Å². The zero-order valence-corrected chi connectivity index (χ0v) is 17.9. The van der Waals surface area contributed by atoms with E-state index in [4.69, 9.17) is 0 Å². The number of carbonyl (C=O) groups excluding carboxylic acids is 1. The van der Waals surface area contributed by atoms with Gasteiger partial charge >= 0.3 is 0 Å². The first kappa shape index (κ1) is 21.3. The summed E-state index contributed by atoms with van der Waals surface area (Å²) in [5.41, 5.74) is 0.419. The van der Waals surface area contributed by atoms with Crippen LogP contribution in [0.2, 0.25) is 0 Å². The fourth-order valence-corrected chi connectivity index (χ4v) is 6.16. The third-order valence-corrected chi connectivity index (χ3v) is 7.76. The highest BCUT2D eigenvalue weighted by atomic mass is 32.2. The molecule has 31 heavy (non-hydrogen) atoms. The van der Waals surface area contributed by atoms with Crippen LogP contribution in [-0.2, 0) is 16.6 Å². The predicted molar refractivity (Wildman–Crippen MR) is 117 cm³/mol. The van der Waals surface area contributed by atoms with E-state index in [-0.39, 0.29) is 35.9 Å². The summed E-state index contributed by atoms with van der Waals surface area (Å²) in [7, 11) is -3.65. The van der Waals surface area contributed by atoms with Gasteiger partial charge in [0, 0.05) is 36.2 Å². The summed E-state index contributed by atoms with van der Waals surface area (Å²) >= 11 is 1.52. The van der Waals surface area contributed by atoms with Crippen molar-refractivity contribution in [3.8, 4) is 5.75 Å². The number of carbonyl (C=O) groups is 1. The van der Waals surface area contributed by atoms with Gasteiger partial charge in [-0.05, 0) is 29.8 Å². The van der Waals surface area contributed by atoms with Gasteiger partial charge in [0.15, 0.2) is 17.3 Å². The molecule has 4 rings (SSSR count). The highest BCUT2D eigenvalue weighted by molar-refractivity contribution is 8.01. The van der Waals surface area contributed by atoms with Gasteiger partial charge < -0.3 is 10.4 Å². The van der Waals surface area contributed by atoms with Crippen molar-refractivity contribution in [1.82, 2.24) is 15.3 Å². The molecule has 0 radical (unpaired) electrons. The van der Waals surface area contributed by atoms with Crippen molar-refractivity contribution in [2.45, 2.75) is 6.54 Å². The number of hydrogen-bond acceptors (Lipinski definition) is 7. The van der Waals surface area contributed by atoms with Crippen molar-refractivity contribution >= 4 is 44.4 Å². The Morgan fingerprint density at radius 3 is 2.77 bits per heavy atom. The molecule has 1 saturated heterocycles. The highest BCUT2D eigenvalue weighted by Gasteiger charge is 2.30. The Hall–Kier alpha value is -2.92. The number of aromatic hydroxyl groups is 1. The first-order valence-electron chi connectivity index (χ1n) is 9.45. The summed E-state index contributed by atoms with van der Waals surface area (Å²) in [6, 6.07) is 8.82. The van der Waals surface area contributed by atoms with Gasteiger partial charge in [-0.15, -0.1) is 0 Å². The van der Waals surface area contributed by atoms with Gasteiger partial charge in [-0.1, -0.05) is 12.1 Å². The Morgan fingerprint density at radius 1 is 1.23 bits per heavy atom. The third-order valence-electron chi connectivity index (χ3n) is 4.79. The molecule has 1 aliphatic rings. The lowest BCUT2D eigenvalue weighted by atomic mass is 10.2. The van der Waals surface area contributed by atoms with Crippen molar-refractivity contribution < 1.29 is 22.7 Å². The van der Waals surface area contributed by atoms with Crippen LogP contribution in [0.5, 0.6) is 5.75 Å². The molecule has 1 fully saturated rings. The Balaban J connectivity index is 1.74. The van der Waals surface area contributed by atoms with E-state index < -0.39 is 27.5 Å². The molecule has 1 aliphatic heterocycles. The molecule has 3 heterocycles. The highest BCUT2D eigenvalue weighted by Crippen LogP contribution is 2.34. The Bertz CT molecular complexity index is 1240. The molecule has 0 spiro atoms. The van der Waals surface area contributed by atoms with Gasteiger partial charge in [0.1, 0.15) is 11.3 Å². The fourth-order valence-electron chi connectivity index (χ4n) is 3.22. The minimum Gasteiger partial charge on any atom is -0.504 e. The maximum atomic E-state index is 13.1. The Kier molecular flexibility index (Phi) is 5.96. The number of sulfonamides is 1. The van der Waals surface area contributed by atoms with E-state index in [1.165, 1.54) is 46.5 Å². The van der Waals surface area contributed by atoms with E-state index in [1.54, 1.807) is 12.1 Å². The van der Waals surface area contributed by atoms with Crippen LogP contribution in [0.25, 0.3) is 10.9 Å². The second kappa shape index (κ2) is 8.67. The van der Waals surface area contributed by atoms with E-state index in [2.05, 4.69) is 15.3 Å². The molecule has 0 aliphatic carbocycles. The maximum absolute atomic E-state index is 13.1. The topological polar surface area (TPSA) is 112 Å². The predicted octanol–water partition coefficient (Wildman–Crippen LogP) is 2.29. The van der Waals surface area contributed by atoms with E-state index in [9.17, 15) is 22.7 Å². The van der Waals surface area contributed by atoms with Gasteiger partial charge in [0.2, 0.25) is 10.0 Å². The second-order valence-electron chi connectivity index (χ2n) is 6.84. The van der Waals surface area contributed by atoms with Gasteiger partial charge in [0.25, 0.3) is 5.91 Å². The van der Waals surface area contributed by atoms with Crippen LogP contribution in [0, 0.1) is 5.82 Å². The maximum Gasteiger partial charge on any atom is 0.274 e. The lowest BCUT2D eigenvalue weighted by Gasteiger charge is -2.23. The SMILES string of the molecule is O=C(NCc1ccc(F)cc1)c1nc(N2CCSCCS2(=O)=O)c2cccnc2c1O. The minimum atomic E-state index is -3.65. The van der Waals surface area contributed by atoms with E-state index in [1.807, 2.05) is 0 Å². The van der Waals surface area contributed by atoms with Crippen LogP contribution in [0.3, 0.4) is 0 Å². The molecule has 3 aromatic rings. The molecule has 2 N–H and O–H groups in total. The van der Waals surface area contributed by atoms with Crippen LogP contribution < -0.4 is 9.62 Å². The van der Waals surface area contributed by atoms with Gasteiger partial charge in [-0.2, -0.15) is 11.8 Å². The summed E-state index contributed by atoms with van der Waals surface area (Å²) in [5.74, 6) is -0.455. The van der Waals surface area contributed by atoms with Gasteiger partial charge in [0.05, 0.1) is 5.75 Å². The molecule has 11 heteroatoms. The summed E-state index contributed by atoms with van der Waals surface area (Å²) in [6.07, 6.45) is 1.44. The average molecular weight is 463 g/mol. The van der Waals surface area contributed by atoms with Crippen LogP contribution >= 0.6 is 11.8 Å². The van der Waals surface area contributed by atoms with Gasteiger partial charge in [-0.25, -0.2) is 17.8 Å². The number of hydrogen-bond donors (Lipinski definition) is 2. The fraction of sp³-hybridized carbons (Fsp3) is 0.250. The van der Waals surface area contributed by atoms with E-state index >= 15 is 0 Å². The summed E-state index contributed by atoms with van der Waals surface area (Å²) in [6.45, 7) is 0.278. The number of nitrogens with one attached hydrogen (secondary N) is 1. The third kappa shape index (κ3) is 4.42. The number of thioether (sulfide) groups is 1.